The summed E-state index contributed by atoms with van der Waals surface area (Å²) in [5.41, 5.74) is -0.541. The van der Waals surface area contributed by atoms with E-state index in [9.17, 15) is 26.7 Å². The van der Waals surface area contributed by atoms with Crippen molar-refractivity contribution in [2.24, 2.45) is 0 Å². The van der Waals surface area contributed by atoms with Crippen molar-refractivity contribution in [3.05, 3.63) is 70.9 Å². The number of piperidine rings is 1. The normalized spacial score (nSPS) is 19.2. The largest absolute Gasteiger partial charge is 0.418 e. The Morgan fingerprint density at radius 3 is 2.52 bits per heavy atom. The van der Waals surface area contributed by atoms with E-state index in [0.717, 1.165) is 11.6 Å². The molecule has 0 atom stereocenters. The van der Waals surface area contributed by atoms with Crippen molar-refractivity contribution in [2.75, 3.05) is 22.9 Å². The Bertz CT molecular complexity index is 1410. The van der Waals surface area contributed by atoms with Crippen LogP contribution in [-0.4, -0.2) is 50.5 Å². The van der Waals surface area contributed by atoms with Gasteiger partial charge in [0.2, 0.25) is 0 Å². The number of aryl methyl sites for hydroxylation is 1. The van der Waals surface area contributed by atoms with Crippen LogP contribution < -0.4 is 9.80 Å². The summed E-state index contributed by atoms with van der Waals surface area (Å²) in [7, 11) is 0. The van der Waals surface area contributed by atoms with Gasteiger partial charge in [-0.05, 0) is 56.4 Å². The summed E-state index contributed by atoms with van der Waals surface area (Å²) in [6.07, 6.45) is 0.266. The molecule has 12 heteroatoms. The molecule has 1 saturated heterocycles. The van der Waals surface area contributed by atoms with Crippen LogP contribution in [0.1, 0.15) is 48.1 Å². The second-order valence-electron chi connectivity index (χ2n) is 10.9. The van der Waals surface area contributed by atoms with Crippen LogP contribution in [0.25, 0.3) is 0 Å². The maximum Gasteiger partial charge on any atom is 0.418 e. The van der Waals surface area contributed by atoms with E-state index in [-0.39, 0.29) is 36.5 Å². The molecule has 1 aliphatic carbocycles. The average molecular weight is 561 g/mol. The molecule has 0 N–H and O–H groups in total. The van der Waals surface area contributed by atoms with E-state index in [1.165, 1.54) is 27.9 Å². The van der Waals surface area contributed by atoms with Gasteiger partial charge in [0.05, 0.1) is 36.6 Å². The van der Waals surface area contributed by atoms with Gasteiger partial charge in [0.25, 0.3) is 0 Å². The number of pyridine rings is 1. The highest BCUT2D eigenvalue weighted by molar-refractivity contribution is 5.93. The smallest absolute Gasteiger partial charge is 0.369 e. The molecule has 212 valence electrons. The first-order chi connectivity index (χ1) is 19.0. The summed E-state index contributed by atoms with van der Waals surface area (Å²) in [5.74, 6) is -0.0726. The number of aromatic nitrogens is 3. The first kappa shape index (κ1) is 26.5. The molecule has 6 rings (SSSR count). The predicted molar refractivity (Wildman–Crippen MR) is 138 cm³/mol. The average Bonchev–Trinajstić information content (AvgIpc) is 3.49. The Hall–Kier alpha value is -3.70. The van der Waals surface area contributed by atoms with Crippen LogP contribution in [0.2, 0.25) is 0 Å². The number of amides is 2. The highest BCUT2D eigenvalue weighted by atomic mass is 19.4. The lowest BCUT2D eigenvalue weighted by molar-refractivity contribution is -0.138. The third-order valence-corrected chi connectivity index (χ3v) is 8.04. The molecule has 2 aromatic heterocycles. The Morgan fingerprint density at radius 1 is 1.10 bits per heavy atom. The van der Waals surface area contributed by atoms with Gasteiger partial charge in [-0.2, -0.15) is 18.3 Å². The molecule has 3 aromatic rings. The number of fused-ring (bicyclic) bond motifs is 1. The van der Waals surface area contributed by atoms with E-state index < -0.39 is 30.0 Å². The highest BCUT2D eigenvalue weighted by Gasteiger charge is 2.45. The topological polar surface area (TPSA) is 57.5 Å². The zero-order valence-electron chi connectivity index (χ0n) is 22.0. The van der Waals surface area contributed by atoms with Crippen molar-refractivity contribution in [3.8, 4) is 0 Å². The molecule has 1 aromatic carbocycles. The number of rotatable bonds is 6. The van der Waals surface area contributed by atoms with Crippen LogP contribution in [0.3, 0.4) is 0 Å². The van der Waals surface area contributed by atoms with Gasteiger partial charge in [0.1, 0.15) is 11.5 Å². The van der Waals surface area contributed by atoms with Crippen molar-refractivity contribution >= 4 is 17.5 Å². The van der Waals surface area contributed by atoms with E-state index >= 15 is 0 Å². The molecular weight excluding hydrogens is 531 g/mol. The number of nitrogens with zero attached hydrogens (tertiary/aromatic N) is 6. The molecule has 0 unspecified atom stereocenters. The van der Waals surface area contributed by atoms with Crippen LogP contribution in [0.4, 0.5) is 38.3 Å². The fourth-order valence-corrected chi connectivity index (χ4v) is 5.78. The number of anilines is 2. The lowest BCUT2D eigenvalue weighted by Crippen LogP contribution is -2.54. The SMILES string of the molecule is Cc1cccc(F)c1N1CCC(N2Cc3cn(CC4(F)CC4)nc3N(Cc3ncccc3C(F)(F)F)C2=O)CC1. The lowest BCUT2D eigenvalue weighted by Gasteiger charge is -2.43. The maximum atomic E-state index is 14.6. The van der Waals surface area contributed by atoms with E-state index in [1.54, 1.807) is 17.2 Å². The van der Waals surface area contributed by atoms with E-state index in [4.69, 9.17) is 0 Å². The molecule has 0 spiro atoms. The van der Waals surface area contributed by atoms with Crippen molar-refractivity contribution in [2.45, 2.75) is 70.1 Å². The van der Waals surface area contributed by atoms with Gasteiger partial charge in [-0.15, -0.1) is 0 Å². The number of hydrogen-bond donors (Lipinski definition) is 0. The minimum atomic E-state index is -4.64. The fraction of sp³-hybridized carbons (Fsp3) is 0.464. The third kappa shape index (κ3) is 4.99. The number of hydrogen-bond acceptors (Lipinski definition) is 4. The Balaban J connectivity index is 1.28. The van der Waals surface area contributed by atoms with Gasteiger partial charge in [-0.3, -0.25) is 14.6 Å². The molecule has 0 bridgehead atoms. The number of para-hydroxylation sites is 1. The van der Waals surface area contributed by atoms with Gasteiger partial charge in [-0.25, -0.2) is 13.6 Å². The number of carbonyl (C=O) groups is 1. The monoisotopic (exact) mass is 560 g/mol. The molecule has 3 aliphatic rings. The lowest BCUT2D eigenvalue weighted by atomic mass is 10.00. The molecule has 0 radical (unpaired) electrons. The molecule has 4 heterocycles. The minimum Gasteiger partial charge on any atom is -0.369 e. The molecular formula is C28H29F5N6O. The van der Waals surface area contributed by atoms with Crippen LogP contribution >= 0.6 is 0 Å². The van der Waals surface area contributed by atoms with E-state index in [2.05, 4.69) is 10.1 Å². The quantitative estimate of drug-likeness (QED) is 0.355. The standard InChI is InChI=1S/C28H29F5N6O/c1-18-4-2-6-22(29)24(18)36-12-7-20(8-13-36)38-15-19-14-37(17-27(30)9-10-27)35-25(19)39(26(38)40)16-23-21(28(31,32)33)5-3-11-34-23/h2-6,11,14,20H,7-10,12-13,15-17H2,1H3. The van der Waals surface area contributed by atoms with Gasteiger partial charge in [0, 0.05) is 37.1 Å². The molecule has 2 amide bonds. The van der Waals surface area contributed by atoms with Gasteiger partial charge < -0.3 is 9.80 Å². The second-order valence-corrected chi connectivity index (χ2v) is 10.9. The Labute approximate surface area is 228 Å². The van der Waals surface area contributed by atoms with E-state index in [0.29, 0.717) is 50.0 Å². The van der Waals surface area contributed by atoms with Crippen LogP contribution in [0.15, 0.2) is 42.7 Å². The predicted octanol–water partition coefficient (Wildman–Crippen LogP) is 5.86. The van der Waals surface area contributed by atoms with Crippen molar-refractivity contribution in [1.82, 2.24) is 19.7 Å². The number of alkyl halides is 4. The molecule has 40 heavy (non-hydrogen) atoms. The Kier molecular flexibility index (Phi) is 6.46. The number of urea groups is 1. The number of carbonyl (C=O) groups excluding carboxylic acids is 1. The van der Waals surface area contributed by atoms with Gasteiger partial charge in [0.15, 0.2) is 5.82 Å². The third-order valence-electron chi connectivity index (χ3n) is 8.04. The van der Waals surface area contributed by atoms with Gasteiger partial charge in [-0.1, -0.05) is 12.1 Å². The van der Waals surface area contributed by atoms with Crippen molar-refractivity contribution in [1.29, 1.82) is 0 Å². The first-order valence-electron chi connectivity index (χ1n) is 13.4. The Morgan fingerprint density at radius 2 is 1.85 bits per heavy atom. The second kappa shape index (κ2) is 9.74. The summed E-state index contributed by atoms with van der Waals surface area (Å²) in [4.78, 5) is 22.7. The molecule has 2 fully saturated rings. The summed E-state index contributed by atoms with van der Waals surface area (Å²) < 4.78 is 71.8. The number of benzene rings is 1. The molecule has 1 saturated carbocycles. The van der Waals surface area contributed by atoms with Crippen molar-refractivity contribution < 1.29 is 26.7 Å². The first-order valence-corrected chi connectivity index (χ1v) is 13.4. The van der Waals surface area contributed by atoms with Gasteiger partial charge >= 0.3 is 12.2 Å². The van der Waals surface area contributed by atoms with Crippen LogP contribution in [0.5, 0.6) is 0 Å². The van der Waals surface area contributed by atoms with Crippen LogP contribution in [0, 0.1) is 12.7 Å². The summed E-state index contributed by atoms with van der Waals surface area (Å²) >= 11 is 0. The highest BCUT2D eigenvalue weighted by Crippen LogP contribution is 2.42. The summed E-state index contributed by atoms with van der Waals surface area (Å²) in [5, 5.41) is 4.44. The minimum absolute atomic E-state index is 0.0276. The maximum absolute atomic E-state index is 14.6. The van der Waals surface area contributed by atoms with E-state index in [1.807, 2.05) is 17.9 Å². The zero-order chi connectivity index (χ0) is 28.2. The molecule has 2 aliphatic heterocycles. The molecule has 7 nitrogen and oxygen atoms in total. The number of halogens is 5. The zero-order valence-corrected chi connectivity index (χ0v) is 22.0. The van der Waals surface area contributed by atoms with Crippen molar-refractivity contribution in [3.63, 3.8) is 0 Å². The fourth-order valence-electron chi connectivity index (χ4n) is 5.78. The summed E-state index contributed by atoms with van der Waals surface area (Å²) in [6, 6.07) is 6.41. The summed E-state index contributed by atoms with van der Waals surface area (Å²) in [6.45, 7) is 2.70. The van der Waals surface area contributed by atoms with Crippen LogP contribution in [-0.2, 0) is 25.8 Å².